The van der Waals surface area contributed by atoms with Gasteiger partial charge in [0.15, 0.2) is 6.10 Å². The Bertz CT molecular complexity index is 757. The summed E-state index contributed by atoms with van der Waals surface area (Å²) in [7, 11) is 0. The predicted molar refractivity (Wildman–Crippen MR) is 88.2 cm³/mol. The summed E-state index contributed by atoms with van der Waals surface area (Å²) in [6.07, 6.45) is -0.0452. The van der Waals surface area contributed by atoms with Gasteiger partial charge in [-0.2, -0.15) is 0 Å². The van der Waals surface area contributed by atoms with Crippen LogP contribution in [0.15, 0.2) is 48.5 Å². The Labute approximate surface area is 139 Å². The van der Waals surface area contributed by atoms with Crippen LogP contribution in [0, 0.1) is 5.82 Å². The van der Waals surface area contributed by atoms with E-state index in [1.54, 1.807) is 11.8 Å². The Balaban J connectivity index is 1.60. The van der Waals surface area contributed by atoms with Crippen molar-refractivity contribution in [2.24, 2.45) is 0 Å². The van der Waals surface area contributed by atoms with E-state index < -0.39 is 12.1 Å². The number of halogens is 1. The summed E-state index contributed by atoms with van der Waals surface area (Å²) in [4.78, 5) is 26.2. The molecule has 0 saturated heterocycles. The number of hydrogen-bond donors (Lipinski definition) is 0. The van der Waals surface area contributed by atoms with Crippen molar-refractivity contribution in [1.82, 2.24) is 0 Å². The van der Waals surface area contributed by atoms with Crippen molar-refractivity contribution >= 4 is 17.6 Å². The molecule has 4 nitrogen and oxygen atoms in total. The number of para-hydroxylation sites is 1. The summed E-state index contributed by atoms with van der Waals surface area (Å²) in [5.74, 6) is -1.09. The van der Waals surface area contributed by atoms with Crippen LogP contribution in [0.3, 0.4) is 0 Å². The number of benzene rings is 2. The monoisotopic (exact) mass is 327 g/mol. The second kappa shape index (κ2) is 6.83. The van der Waals surface area contributed by atoms with Crippen LogP contribution in [0.5, 0.6) is 0 Å². The first-order valence-electron chi connectivity index (χ1n) is 7.88. The fraction of sp³-hybridized carbons (Fsp3) is 0.263. The first-order valence-corrected chi connectivity index (χ1v) is 7.88. The predicted octanol–water partition coefficient (Wildman–Crippen LogP) is 2.89. The zero-order chi connectivity index (χ0) is 17.1. The number of fused-ring (bicyclic) bond motifs is 1. The molecule has 1 aliphatic rings. The van der Waals surface area contributed by atoms with Gasteiger partial charge in [-0.3, -0.25) is 9.59 Å². The van der Waals surface area contributed by atoms with Gasteiger partial charge < -0.3 is 9.64 Å². The molecule has 0 bridgehead atoms. The Morgan fingerprint density at radius 3 is 2.62 bits per heavy atom. The zero-order valence-corrected chi connectivity index (χ0v) is 13.4. The fourth-order valence-corrected chi connectivity index (χ4v) is 2.84. The van der Waals surface area contributed by atoms with Crippen molar-refractivity contribution in [2.75, 3.05) is 11.4 Å². The van der Waals surface area contributed by atoms with Crippen molar-refractivity contribution < 1.29 is 18.7 Å². The van der Waals surface area contributed by atoms with E-state index in [2.05, 4.69) is 0 Å². The van der Waals surface area contributed by atoms with Gasteiger partial charge in [0, 0.05) is 12.2 Å². The van der Waals surface area contributed by atoms with E-state index in [1.165, 1.54) is 24.3 Å². The maximum atomic E-state index is 12.9. The summed E-state index contributed by atoms with van der Waals surface area (Å²) in [6, 6.07) is 13.4. The van der Waals surface area contributed by atoms with Crippen LogP contribution in [-0.2, 0) is 27.2 Å². The molecule has 2 aromatic carbocycles. The van der Waals surface area contributed by atoms with Gasteiger partial charge in [-0.25, -0.2) is 4.39 Å². The third kappa shape index (κ3) is 3.45. The topological polar surface area (TPSA) is 46.6 Å². The highest BCUT2D eigenvalue weighted by Gasteiger charge is 2.29. The SMILES string of the molecule is C[C@@H](OC(=O)Cc1ccc(F)cc1)C(=O)N1CCc2ccccc21. The minimum atomic E-state index is -0.857. The molecular formula is C19H18FNO3. The van der Waals surface area contributed by atoms with Crippen LogP contribution >= 0.6 is 0 Å². The molecule has 0 radical (unpaired) electrons. The van der Waals surface area contributed by atoms with Crippen LogP contribution in [0.1, 0.15) is 18.1 Å². The molecule has 5 heteroatoms. The van der Waals surface area contributed by atoms with Gasteiger partial charge in [0.1, 0.15) is 5.82 Å². The highest BCUT2D eigenvalue weighted by Crippen LogP contribution is 2.28. The van der Waals surface area contributed by atoms with Crippen LogP contribution in [0.2, 0.25) is 0 Å². The lowest BCUT2D eigenvalue weighted by Crippen LogP contribution is -2.39. The second-order valence-corrected chi connectivity index (χ2v) is 5.80. The molecule has 0 aromatic heterocycles. The molecule has 3 rings (SSSR count). The zero-order valence-electron chi connectivity index (χ0n) is 13.4. The molecule has 1 aliphatic heterocycles. The van der Waals surface area contributed by atoms with E-state index in [0.717, 1.165) is 17.7 Å². The lowest BCUT2D eigenvalue weighted by molar-refractivity contribution is -0.153. The molecule has 0 N–H and O–H groups in total. The molecule has 1 heterocycles. The van der Waals surface area contributed by atoms with Crippen LogP contribution in [0.4, 0.5) is 10.1 Å². The molecule has 0 unspecified atom stereocenters. The van der Waals surface area contributed by atoms with Gasteiger partial charge >= 0.3 is 5.97 Å². The number of amides is 1. The minimum Gasteiger partial charge on any atom is -0.452 e. The van der Waals surface area contributed by atoms with Gasteiger partial charge in [0.2, 0.25) is 0 Å². The van der Waals surface area contributed by atoms with Gasteiger partial charge in [0.25, 0.3) is 5.91 Å². The van der Waals surface area contributed by atoms with E-state index in [9.17, 15) is 14.0 Å². The Kier molecular flexibility index (Phi) is 4.60. The smallest absolute Gasteiger partial charge is 0.311 e. The number of esters is 1. The lowest BCUT2D eigenvalue weighted by atomic mass is 10.1. The molecule has 0 fully saturated rings. The minimum absolute atomic E-state index is 0.00842. The molecule has 124 valence electrons. The molecule has 1 amide bonds. The molecule has 24 heavy (non-hydrogen) atoms. The van der Waals surface area contributed by atoms with Crippen LogP contribution in [0.25, 0.3) is 0 Å². The van der Waals surface area contributed by atoms with E-state index in [1.807, 2.05) is 24.3 Å². The lowest BCUT2D eigenvalue weighted by Gasteiger charge is -2.21. The molecule has 0 aliphatic carbocycles. The largest absolute Gasteiger partial charge is 0.452 e. The van der Waals surface area contributed by atoms with Gasteiger partial charge in [-0.1, -0.05) is 30.3 Å². The number of carbonyl (C=O) groups excluding carboxylic acids is 2. The van der Waals surface area contributed by atoms with Crippen LogP contribution < -0.4 is 4.90 Å². The quantitative estimate of drug-likeness (QED) is 0.811. The highest BCUT2D eigenvalue weighted by molar-refractivity contribution is 5.99. The number of ether oxygens (including phenoxy) is 1. The summed E-state index contributed by atoms with van der Waals surface area (Å²) in [5.41, 5.74) is 2.65. The Hall–Kier alpha value is -2.69. The average Bonchev–Trinajstić information content (AvgIpc) is 3.00. The molecular weight excluding hydrogens is 309 g/mol. The summed E-state index contributed by atoms with van der Waals surface area (Å²) in [6.45, 7) is 2.17. The van der Waals surface area contributed by atoms with E-state index in [-0.39, 0.29) is 18.1 Å². The van der Waals surface area contributed by atoms with Crippen molar-refractivity contribution in [3.8, 4) is 0 Å². The summed E-state index contributed by atoms with van der Waals surface area (Å²) >= 11 is 0. The third-order valence-electron chi connectivity index (χ3n) is 4.07. The Morgan fingerprint density at radius 2 is 1.88 bits per heavy atom. The molecule has 1 atom stereocenters. The number of nitrogens with zero attached hydrogens (tertiary/aromatic N) is 1. The third-order valence-corrected chi connectivity index (χ3v) is 4.07. The standard InChI is InChI=1S/C19H18FNO3/c1-13(24-18(22)12-14-6-8-16(20)9-7-14)19(23)21-11-10-15-4-2-3-5-17(15)21/h2-9,13H,10-12H2,1H3/t13-/m1/s1. The molecule has 0 saturated carbocycles. The number of hydrogen-bond acceptors (Lipinski definition) is 3. The van der Waals surface area contributed by atoms with Crippen molar-refractivity contribution in [3.05, 3.63) is 65.5 Å². The van der Waals surface area contributed by atoms with Crippen LogP contribution in [-0.4, -0.2) is 24.5 Å². The van der Waals surface area contributed by atoms with Gasteiger partial charge in [-0.05, 0) is 42.7 Å². The maximum Gasteiger partial charge on any atom is 0.311 e. The first kappa shape index (κ1) is 16.2. The van der Waals surface area contributed by atoms with Crippen molar-refractivity contribution in [2.45, 2.75) is 25.9 Å². The Morgan fingerprint density at radius 1 is 1.17 bits per heavy atom. The van der Waals surface area contributed by atoms with Crippen molar-refractivity contribution in [1.29, 1.82) is 0 Å². The average molecular weight is 327 g/mol. The van der Waals surface area contributed by atoms with E-state index in [0.29, 0.717) is 12.1 Å². The fourth-order valence-electron chi connectivity index (χ4n) is 2.84. The van der Waals surface area contributed by atoms with Crippen molar-refractivity contribution in [3.63, 3.8) is 0 Å². The highest BCUT2D eigenvalue weighted by atomic mass is 19.1. The molecule has 2 aromatic rings. The summed E-state index contributed by atoms with van der Waals surface area (Å²) < 4.78 is 18.1. The summed E-state index contributed by atoms with van der Waals surface area (Å²) in [5, 5.41) is 0. The molecule has 0 spiro atoms. The second-order valence-electron chi connectivity index (χ2n) is 5.80. The van der Waals surface area contributed by atoms with E-state index in [4.69, 9.17) is 4.74 Å². The van der Waals surface area contributed by atoms with E-state index >= 15 is 0 Å². The van der Waals surface area contributed by atoms with Gasteiger partial charge in [-0.15, -0.1) is 0 Å². The first-order chi connectivity index (χ1) is 11.5. The number of rotatable bonds is 4. The number of anilines is 1. The normalized spacial score (nSPS) is 14.2. The number of carbonyl (C=O) groups is 2. The maximum absolute atomic E-state index is 12.9. The van der Waals surface area contributed by atoms with Gasteiger partial charge in [0.05, 0.1) is 6.42 Å².